The molecule has 0 N–H and O–H groups in total. The summed E-state index contributed by atoms with van der Waals surface area (Å²) in [5.41, 5.74) is 2.15. The Balaban J connectivity index is 1.77. The highest BCUT2D eigenvalue weighted by atomic mass is 127. The van der Waals surface area contributed by atoms with E-state index in [-0.39, 0.29) is 0 Å². The standard InChI is InChI=1S/C22H14I3NO4/c1-2-4-11-7-8-14-17-12(11)5-3-6-13(17)20(27)26(21(14)28)30-22(29)18-15(23)9-10-16(24)19(18)25/h3,5-10H,2,4H2,1H3. The van der Waals surface area contributed by atoms with Crippen LogP contribution in [0.4, 0.5) is 0 Å². The van der Waals surface area contributed by atoms with Crippen molar-refractivity contribution in [3.8, 4) is 0 Å². The first-order chi connectivity index (χ1) is 14.3. The van der Waals surface area contributed by atoms with Crippen molar-refractivity contribution < 1.29 is 19.2 Å². The molecular formula is C22H14I3NO4. The summed E-state index contributed by atoms with van der Waals surface area (Å²) in [7, 11) is 0. The van der Waals surface area contributed by atoms with Gasteiger partial charge in [-0.05, 0) is 109 Å². The van der Waals surface area contributed by atoms with Crippen LogP contribution in [0, 0.1) is 10.7 Å². The molecule has 0 unspecified atom stereocenters. The predicted octanol–water partition coefficient (Wildman–Crippen LogP) is 5.97. The van der Waals surface area contributed by atoms with E-state index in [1.165, 1.54) is 0 Å². The molecular weight excluding hydrogens is 723 g/mol. The molecule has 0 fully saturated rings. The summed E-state index contributed by atoms with van der Waals surface area (Å²) < 4.78 is 2.29. The molecule has 0 atom stereocenters. The Bertz CT molecular complexity index is 1220. The van der Waals surface area contributed by atoms with Crippen LogP contribution in [0.5, 0.6) is 0 Å². The van der Waals surface area contributed by atoms with Gasteiger partial charge in [0.25, 0.3) is 11.8 Å². The summed E-state index contributed by atoms with van der Waals surface area (Å²) in [4.78, 5) is 44.5. The third-order valence-electron chi connectivity index (χ3n) is 4.90. The van der Waals surface area contributed by atoms with Crippen molar-refractivity contribution in [2.45, 2.75) is 19.8 Å². The maximum Gasteiger partial charge on any atom is 0.366 e. The van der Waals surface area contributed by atoms with Crippen LogP contribution in [0.25, 0.3) is 10.8 Å². The number of carbonyl (C=O) groups is 3. The number of benzene rings is 3. The number of hydrogen-bond donors (Lipinski definition) is 0. The number of nitrogens with zero attached hydrogens (tertiary/aromatic N) is 1. The van der Waals surface area contributed by atoms with Crippen LogP contribution < -0.4 is 0 Å². The van der Waals surface area contributed by atoms with Gasteiger partial charge in [-0.3, -0.25) is 9.59 Å². The van der Waals surface area contributed by atoms with Crippen LogP contribution in [0.15, 0.2) is 42.5 Å². The number of amides is 2. The van der Waals surface area contributed by atoms with Crippen LogP contribution in [-0.4, -0.2) is 22.8 Å². The first-order valence-electron chi connectivity index (χ1n) is 9.14. The average molecular weight is 737 g/mol. The normalized spacial score (nSPS) is 13.1. The topological polar surface area (TPSA) is 63.7 Å². The first kappa shape index (κ1) is 21.9. The number of aryl methyl sites for hydroxylation is 1. The van der Waals surface area contributed by atoms with Gasteiger partial charge in [0.2, 0.25) is 0 Å². The lowest BCUT2D eigenvalue weighted by molar-refractivity contribution is -0.0622. The fourth-order valence-electron chi connectivity index (χ4n) is 3.55. The molecule has 0 bridgehead atoms. The molecule has 152 valence electrons. The van der Waals surface area contributed by atoms with E-state index in [4.69, 9.17) is 4.84 Å². The average Bonchev–Trinajstić information content (AvgIpc) is 2.73. The predicted molar refractivity (Wildman–Crippen MR) is 138 cm³/mol. The molecule has 1 aliphatic heterocycles. The lowest BCUT2D eigenvalue weighted by Crippen LogP contribution is -2.42. The smallest absolute Gasteiger partial charge is 0.324 e. The van der Waals surface area contributed by atoms with Crippen molar-refractivity contribution in [3.05, 3.63) is 75.4 Å². The van der Waals surface area contributed by atoms with Crippen molar-refractivity contribution in [2.24, 2.45) is 0 Å². The molecule has 8 heteroatoms. The van der Waals surface area contributed by atoms with E-state index < -0.39 is 17.8 Å². The molecule has 3 aromatic rings. The Morgan fingerprint density at radius 2 is 1.60 bits per heavy atom. The molecule has 5 nitrogen and oxygen atoms in total. The molecule has 0 saturated heterocycles. The molecule has 1 aliphatic rings. The zero-order valence-electron chi connectivity index (χ0n) is 15.7. The van der Waals surface area contributed by atoms with Crippen molar-refractivity contribution >= 4 is 96.3 Å². The minimum atomic E-state index is -0.734. The van der Waals surface area contributed by atoms with Crippen molar-refractivity contribution in [3.63, 3.8) is 0 Å². The highest BCUT2D eigenvalue weighted by Crippen LogP contribution is 2.33. The van der Waals surface area contributed by atoms with Crippen molar-refractivity contribution in [1.29, 1.82) is 0 Å². The molecule has 0 aromatic heterocycles. The number of rotatable bonds is 4. The second-order valence-electron chi connectivity index (χ2n) is 6.75. The summed E-state index contributed by atoms with van der Waals surface area (Å²) in [6, 6.07) is 12.7. The SMILES string of the molecule is CCCc1ccc2c3c(cccc13)C(=O)N(OC(=O)c1c(I)ccc(I)c1I)C2=O. The van der Waals surface area contributed by atoms with Crippen LogP contribution in [0.1, 0.15) is 50.0 Å². The lowest BCUT2D eigenvalue weighted by atomic mass is 9.91. The van der Waals surface area contributed by atoms with Gasteiger partial charge >= 0.3 is 5.97 Å². The quantitative estimate of drug-likeness (QED) is 0.188. The Labute approximate surface area is 213 Å². The zero-order valence-corrected chi connectivity index (χ0v) is 22.1. The second-order valence-corrected chi connectivity index (χ2v) is 10.2. The van der Waals surface area contributed by atoms with Gasteiger partial charge in [-0.15, -0.1) is 0 Å². The summed E-state index contributed by atoms with van der Waals surface area (Å²) >= 11 is 6.23. The third-order valence-corrected chi connectivity index (χ3v) is 8.85. The summed E-state index contributed by atoms with van der Waals surface area (Å²) in [6.45, 7) is 2.08. The van der Waals surface area contributed by atoms with Crippen molar-refractivity contribution in [2.75, 3.05) is 0 Å². The van der Waals surface area contributed by atoms with E-state index in [2.05, 4.69) is 52.1 Å². The highest BCUT2D eigenvalue weighted by Gasteiger charge is 2.37. The van der Waals surface area contributed by atoms with Gasteiger partial charge < -0.3 is 4.84 Å². The number of hydroxylamine groups is 2. The van der Waals surface area contributed by atoms with E-state index in [1.54, 1.807) is 24.3 Å². The molecule has 30 heavy (non-hydrogen) atoms. The fourth-order valence-corrected chi connectivity index (χ4v) is 5.87. The molecule has 1 heterocycles. The molecule has 0 radical (unpaired) electrons. The zero-order chi connectivity index (χ0) is 21.6. The minimum absolute atomic E-state index is 0.339. The largest absolute Gasteiger partial charge is 0.366 e. The summed E-state index contributed by atoms with van der Waals surface area (Å²) in [5.74, 6) is -1.99. The summed E-state index contributed by atoms with van der Waals surface area (Å²) in [5, 5.41) is 2.11. The van der Waals surface area contributed by atoms with Gasteiger partial charge in [0.15, 0.2) is 0 Å². The van der Waals surface area contributed by atoms with Gasteiger partial charge in [0, 0.05) is 16.1 Å². The lowest BCUT2D eigenvalue weighted by Gasteiger charge is -2.26. The molecule has 2 amide bonds. The Hall–Kier alpha value is -1.28. The molecule has 3 aromatic carbocycles. The number of halogens is 3. The van der Waals surface area contributed by atoms with Crippen LogP contribution in [-0.2, 0) is 11.3 Å². The Kier molecular flexibility index (Phi) is 6.35. The highest BCUT2D eigenvalue weighted by molar-refractivity contribution is 14.1. The van der Waals surface area contributed by atoms with Gasteiger partial charge in [-0.2, -0.15) is 0 Å². The first-order valence-corrected chi connectivity index (χ1v) is 12.4. The van der Waals surface area contributed by atoms with E-state index in [0.29, 0.717) is 34.3 Å². The monoisotopic (exact) mass is 737 g/mol. The van der Waals surface area contributed by atoms with Gasteiger partial charge in [-0.1, -0.05) is 36.6 Å². The number of imide groups is 1. The maximum absolute atomic E-state index is 13.1. The fraction of sp³-hybridized carbons (Fsp3) is 0.136. The third kappa shape index (κ3) is 3.64. The Morgan fingerprint density at radius 1 is 0.933 bits per heavy atom. The van der Waals surface area contributed by atoms with E-state index in [9.17, 15) is 14.4 Å². The maximum atomic E-state index is 13.1. The van der Waals surface area contributed by atoms with Gasteiger partial charge in [0.1, 0.15) is 0 Å². The van der Waals surface area contributed by atoms with Crippen LogP contribution in [0.3, 0.4) is 0 Å². The van der Waals surface area contributed by atoms with Gasteiger partial charge in [0.05, 0.1) is 16.7 Å². The minimum Gasteiger partial charge on any atom is -0.324 e. The molecule has 0 aliphatic carbocycles. The number of hydrogen-bond acceptors (Lipinski definition) is 4. The summed E-state index contributed by atoms with van der Waals surface area (Å²) in [6.07, 6.45) is 1.81. The molecule has 4 rings (SSSR count). The second kappa shape index (κ2) is 8.69. The number of carbonyl (C=O) groups excluding carboxylic acids is 3. The van der Waals surface area contributed by atoms with Crippen molar-refractivity contribution in [1.82, 2.24) is 5.06 Å². The van der Waals surface area contributed by atoms with Gasteiger partial charge in [-0.25, -0.2) is 4.79 Å². The van der Waals surface area contributed by atoms with Crippen LogP contribution >= 0.6 is 67.8 Å². The van der Waals surface area contributed by atoms with E-state index in [0.717, 1.165) is 27.4 Å². The van der Waals surface area contributed by atoms with E-state index in [1.807, 2.05) is 40.8 Å². The Morgan fingerprint density at radius 3 is 2.30 bits per heavy atom. The van der Waals surface area contributed by atoms with E-state index >= 15 is 0 Å². The van der Waals surface area contributed by atoms with Crippen LogP contribution in [0.2, 0.25) is 0 Å². The molecule has 0 spiro atoms. The molecule has 0 saturated carbocycles.